The lowest BCUT2D eigenvalue weighted by Crippen LogP contribution is -2.17. The number of anilines is 2. The second kappa shape index (κ2) is 9.75. The van der Waals surface area contributed by atoms with Crippen LogP contribution in [0, 0.1) is 5.82 Å². The van der Waals surface area contributed by atoms with Crippen molar-refractivity contribution in [1.82, 2.24) is 10.2 Å². The van der Waals surface area contributed by atoms with Crippen LogP contribution >= 0.6 is 23.1 Å². The molecule has 0 unspecified atom stereocenters. The smallest absolute Gasteiger partial charge is 0.234 e. The van der Waals surface area contributed by atoms with Crippen LogP contribution in [0.4, 0.5) is 15.2 Å². The molecule has 0 bridgehead atoms. The van der Waals surface area contributed by atoms with Gasteiger partial charge in [-0.05, 0) is 29.8 Å². The van der Waals surface area contributed by atoms with E-state index in [0.29, 0.717) is 45.4 Å². The van der Waals surface area contributed by atoms with Gasteiger partial charge in [-0.2, -0.15) is 0 Å². The molecule has 8 nitrogen and oxygen atoms in total. The van der Waals surface area contributed by atoms with Crippen LogP contribution in [0.1, 0.15) is 5.56 Å². The highest BCUT2D eigenvalue weighted by atomic mass is 32.2. The first-order valence-electron chi connectivity index (χ1n) is 9.25. The maximum absolute atomic E-state index is 12.9. The van der Waals surface area contributed by atoms with Gasteiger partial charge >= 0.3 is 0 Å². The first-order valence-corrected chi connectivity index (χ1v) is 11.1. The minimum absolute atomic E-state index is 0.0975. The van der Waals surface area contributed by atoms with Gasteiger partial charge in [-0.1, -0.05) is 35.2 Å². The maximum atomic E-state index is 12.9. The Morgan fingerprint density at radius 1 is 1.00 bits per heavy atom. The number of fused-ring (bicyclic) bond motifs is 1. The zero-order chi connectivity index (χ0) is 21.6. The Morgan fingerprint density at radius 3 is 2.58 bits per heavy atom. The lowest BCUT2D eigenvalue weighted by molar-refractivity contribution is -0.115. The van der Waals surface area contributed by atoms with Gasteiger partial charge in [-0.15, -0.1) is 10.2 Å². The zero-order valence-electron chi connectivity index (χ0n) is 16.1. The molecule has 2 aromatic carbocycles. The molecule has 11 heteroatoms. The average Bonchev–Trinajstić information content (AvgIpc) is 3.21. The van der Waals surface area contributed by atoms with Gasteiger partial charge in [-0.25, -0.2) is 4.39 Å². The van der Waals surface area contributed by atoms with E-state index in [2.05, 4.69) is 20.8 Å². The molecule has 0 atom stereocenters. The molecule has 0 spiro atoms. The number of nitrogens with zero attached hydrogens (tertiary/aromatic N) is 2. The van der Waals surface area contributed by atoms with Gasteiger partial charge in [0.2, 0.25) is 16.9 Å². The first-order chi connectivity index (χ1) is 15.0. The van der Waals surface area contributed by atoms with E-state index in [1.54, 1.807) is 30.3 Å². The molecule has 2 amide bonds. The second-order valence-electron chi connectivity index (χ2n) is 6.42. The molecule has 0 saturated carbocycles. The Bertz CT molecular complexity index is 1090. The molecule has 31 heavy (non-hydrogen) atoms. The summed E-state index contributed by atoms with van der Waals surface area (Å²) in [5, 5.41) is 13.7. The molecule has 0 saturated heterocycles. The van der Waals surface area contributed by atoms with Gasteiger partial charge in [0, 0.05) is 11.8 Å². The number of benzene rings is 2. The van der Waals surface area contributed by atoms with Crippen molar-refractivity contribution < 1.29 is 23.5 Å². The summed E-state index contributed by atoms with van der Waals surface area (Å²) in [6.07, 6.45) is 0.0975. The number of carbonyl (C=O) groups is 2. The van der Waals surface area contributed by atoms with E-state index in [0.717, 1.165) is 0 Å². The first kappa shape index (κ1) is 21.1. The molecule has 160 valence electrons. The van der Waals surface area contributed by atoms with Crippen molar-refractivity contribution in [3.05, 3.63) is 53.8 Å². The van der Waals surface area contributed by atoms with Gasteiger partial charge in [0.05, 0.1) is 12.2 Å². The Morgan fingerprint density at radius 2 is 1.77 bits per heavy atom. The summed E-state index contributed by atoms with van der Waals surface area (Å²) >= 11 is 2.39. The van der Waals surface area contributed by atoms with Crippen LogP contribution < -0.4 is 20.1 Å². The van der Waals surface area contributed by atoms with Crippen LogP contribution in [0.25, 0.3) is 0 Å². The van der Waals surface area contributed by atoms with Crippen LogP contribution in [0.15, 0.2) is 46.8 Å². The highest BCUT2D eigenvalue weighted by Crippen LogP contribution is 2.33. The number of nitrogens with one attached hydrogen (secondary N) is 2. The van der Waals surface area contributed by atoms with Crippen LogP contribution in [0.5, 0.6) is 11.5 Å². The van der Waals surface area contributed by atoms with Gasteiger partial charge in [0.15, 0.2) is 15.8 Å². The summed E-state index contributed by atoms with van der Waals surface area (Å²) in [4.78, 5) is 24.3. The molecular weight excluding hydrogens is 443 g/mol. The van der Waals surface area contributed by atoms with Crippen molar-refractivity contribution in [2.45, 2.75) is 10.8 Å². The molecule has 1 aliphatic heterocycles. The number of carbonyl (C=O) groups excluding carboxylic acids is 2. The van der Waals surface area contributed by atoms with E-state index in [1.165, 1.54) is 35.2 Å². The molecule has 0 aliphatic carbocycles. The summed E-state index contributed by atoms with van der Waals surface area (Å²) in [6.45, 7) is 0.978. The molecule has 2 heterocycles. The molecule has 0 radical (unpaired) electrons. The number of halogens is 1. The second-order valence-corrected chi connectivity index (χ2v) is 8.62. The minimum Gasteiger partial charge on any atom is -0.486 e. The number of aromatic nitrogens is 2. The average molecular weight is 461 g/mol. The van der Waals surface area contributed by atoms with Crippen LogP contribution in [-0.4, -0.2) is 41.0 Å². The zero-order valence-corrected chi connectivity index (χ0v) is 17.7. The minimum atomic E-state index is -0.354. The van der Waals surface area contributed by atoms with Gasteiger partial charge in [-0.3, -0.25) is 9.59 Å². The lowest BCUT2D eigenvalue weighted by Gasteiger charge is -2.18. The normalized spacial score (nSPS) is 12.3. The van der Waals surface area contributed by atoms with Gasteiger partial charge < -0.3 is 20.1 Å². The topological polar surface area (TPSA) is 102 Å². The third-order valence-corrected chi connectivity index (χ3v) is 6.06. The molecule has 1 aliphatic rings. The highest BCUT2D eigenvalue weighted by Gasteiger charge is 2.14. The summed E-state index contributed by atoms with van der Waals surface area (Å²) in [6, 6.07) is 10.9. The SMILES string of the molecule is O=C(CSc1nnc(NC(=O)Cc2ccc(F)cc2)s1)Nc1ccc2c(c1)OCCO2. The van der Waals surface area contributed by atoms with Crippen molar-refractivity contribution in [3.8, 4) is 11.5 Å². The van der Waals surface area contributed by atoms with E-state index in [4.69, 9.17) is 9.47 Å². The van der Waals surface area contributed by atoms with Gasteiger partial charge in [0.1, 0.15) is 19.0 Å². The maximum Gasteiger partial charge on any atom is 0.234 e. The van der Waals surface area contributed by atoms with Crippen molar-refractivity contribution in [3.63, 3.8) is 0 Å². The number of thioether (sulfide) groups is 1. The Hall–Kier alpha value is -3.18. The molecule has 0 fully saturated rings. The monoisotopic (exact) mass is 460 g/mol. The predicted octanol–water partition coefficient (Wildman–Crippen LogP) is 3.36. The fraction of sp³-hybridized carbons (Fsp3) is 0.200. The summed E-state index contributed by atoms with van der Waals surface area (Å²) in [7, 11) is 0. The number of amides is 2. The lowest BCUT2D eigenvalue weighted by atomic mass is 10.1. The van der Waals surface area contributed by atoms with Crippen molar-refractivity contribution in [2.75, 3.05) is 29.6 Å². The molecule has 4 rings (SSSR count). The number of rotatable bonds is 7. The fourth-order valence-corrected chi connectivity index (χ4v) is 4.28. The highest BCUT2D eigenvalue weighted by molar-refractivity contribution is 8.01. The van der Waals surface area contributed by atoms with Crippen LogP contribution in [-0.2, 0) is 16.0 Å². The third kappa shape index (κ3) is 5.92. The largest absolute Gasteiger partial charge is 0.486 e. The molecular formula is C20H17FN4O4S2. The van der Waals surface area contributed by atoms with E-state index in [1.807, 2.05) is 0 Å². The number of hydrogen-bond donors (Lipinski definition) is 2. The quantitative estimate of drug-likeness (QED) is 0.412. The van der Waals surface area contributed by atoms with E-state index >= 15 is 0 Å². The summed E-state index contributed by atoms with van der Waals surface area (Å²) in [5.74, 6) is 0.540. The Kier molecular flexibility index (Phi) is 6.63. The summed E-state index contributed by atoms with van der Waals surface area (Å²) < 4.78 is 24.4. The summed E-state index contributed by atoms with van der Waals surface area (Å²) in [5.41, 5.74) is 1.30. The van der Waals surface area contributed by atoms with Crippen molar-refractivity contribution in [2.24, 2.45) is 0 Å². The van der Waals surface area contributed by atoms with Crippen molar-refractivity contribution >= 4 is 45.7 Å². The standard InChI is InChI=1S/C20H17FN4O4S2/c21-13-3-1-12(2-4-13)9-17(26)23-19-24-25-20(31-19)30-11-18(27)22-14-5-6-15-16(10-14)29-8-7-28-15/h1-6,10H,7-9,11H2,(H,22,27)(H,23,24,26). The molecule has 2 N–H and O–H groups in total. The predicted molar refractivity (Wildman–Crippen MR) is 115 cm³/mol. The van der Waals surface area contributed by atoms with Gasteiger partial charge in [0.25, 0.3) is 0 Å². The van der Waals surface area contributed by atoms with Crippen LogP contribution in [0.3, 0.4) is 0 Å². The third-order valence-electron chi connectivity index (χ3n) is 4.08. The Balaban J connectivity index is 1.24. The Labute approximate surface area is 185 Å². The van der Waals surface area contributed by atoms with Crippen LogP contribution in [0.2, 0.25) is 0 Å². The molecule has 3 aromatic rings. The number of ether oxygens (including phenoxy) is 2. The molecule has 1 aromatic heterocycles. The van der Waals surface area contributed by atoms with Crippen molar-refractivity contribution in [1.29, 1.82) is 0 Å². The fourth-order valence-electron chi connectivity index (χ4n) is 2.72. The number of hydrogen-bond acceptors (Lipinski definition) is 8. The van der Waals surface area contributed by atoms with E-state index < -0.39 is 0 Å². The van der Waals surface area contributed by atoms with E-state index in [9.17, 15) is 14.0 Å². The van der Waals surface area contributed by atoms with E-state index in [-0.39, 0.29) is 29.8 Å².